The second kappa shape index (κ2) is 6.64. The van der Waals surface area contributed by atoms with Crippen LogP contribution in [-0.2, 0) is 18.4 Å². The summed E-state index contributed by atoms with van der Waals surface area (Å²) in [5, 5.41) is 11.9. The highest BCUT2D eigenvalue weighted by Crippen LogP contribution is 2.18. The molecule has 0 atom stereocenters. The third-order valence-corrected chi connectivity index (χ3v) is 3.68. The van der Waals surface area contributed by atoms with Gasteiger partial charge in [0, 0.05) is 19.2 Å². The van der Waals surface area contributed by atoms with Crippen molar-refractivity contribution in [1.82, 2.24) is 20.1 Å². The van der Waals surface area contributed by atoms with E-state index in [-0.39, 0.29) is 5.91 Å². The number of nitrogens with one attached hydrogen (secondary N) is 1. The van der Waals surface area contributed by atoms with E-state index in [1.54, 1.807) is 11.8 Å². The van der Waals surface area contributed by atoms with Gasteiger partial charge in [-0.25, -0.2) is 0 Å². The maximum atomic E-state index is 11.1. The number of hydrogen-bond acceptors (Lipinski definition) is 4. The minimum absolute atomic E-state index is 0.0318. The summed E-state index contributed by atoms with van der Waals surface area (Å²) >= 11 is 1.69. The van der Waals surface area contributed by atoms with Crippen molar-refractivity contribution >= 4 is 17.7 Å². The van der Waals surface area contributed by atoms with Crippen LogP contribution in [0.15, 0.2) is 5.16 Å². The van der Waals surface area contributed by atoms with Gasteiger partial charge in [-0.3, -0.25) is 4.79 Å². The molecule has 17 heavy (non-hydrogen) atoms. The molecule has 5 nitrogen and oxygen atoms in total. The Balaban J connectivity index is 2.54. The summed E-state index contributed by atoms with van der Waals surface area (Å²) in [4.78, 5) is 11.1. The van der Waals surface area contributed by atoms with Gasteiger partial charge in [-0.05, 0) is 5.92 Å². The van der Waals surface area contributed by atoms with Gasteiger partial charge in [0.15, 0.2) is 11.0 Å². The summed E-state index contributed by atoms with van der Waals surface area (Å²) in [6.07, 6.45) is 0.493. The normalized spacial score (nSPS) is 10.9. The Morgan fingerprint density at radius 2 is 2.18 bits per heavy atom. The van der Waals surface area contributed by atoms with Gasteiger partial charge in [-0.15, -0.1) is 10.2 Å². The average Bonchev–Trinajstić information content (AvgIpc) is 2.64. The topological polar surface area (TPSA) is 59.8 Å². The standard InChI is InChI=1S/C11H20N4OS/c1-5-10(16)12-6-9-13-14-11(15(9)4)17-7-8(2)3/h8H,5-7H2,1-4H3,(H,12,16). The van der Waals surface area contributed by atoms with E-state index >= 15 is 0 Å². The Kier molecular flexibility index (Phi) is 5.47. The van der Waals surface area contributed by atoms with Crippen molar-refractivity contribution in [3.05, 3.63) is 5.82 Å². The molecule has 0 saturated carbocycles. The monoisotopic (exact) mass is 256 g/mol. The molecule has 6 heteroatoms. The van der Waals surface area contributed by atoms with Crippen LogP contribution in [0.3, 0.4) is 0 Å². The van der Waals surface area contributed by atoms with Gasteiger partial charge in [-0.2, -0.15) is 0 Å². The van der Waals surface area contributed by atoms with E-state index < -0.39 is 0 Å². The van der Waals surface area contributed by atoms with Crippen LogP contribution in [0.25, 0.3) is 0 Å². The first-order valence-electron chi connectivity index (χ1n) is 5.82. The highest BCUT2D eigenvalue weighted by molar-refractivity contribution is 7.99. The van der Waals surface area contributed by atoms with Gasteiger partial charge in [0.1, 0.15) is 0 Å². The lowest BCUT2D eigenvalue weighted by Crippen LogP contribution is -2.23. The van der Waals surface area contributed by atoms with Crippen molar-refractivity contribution in [2.45, 2.75) is 38.9 Å². The van der Waals surface area contributed by atoms with Crippen molar-refractivity contribution in [2.75, 3.05) is 5.75 Å². The van der Waals surface area contributed by atoms with Crippen LogP contribution in [0, 0.1) is 5.92 Å². The number of amides is 1. The summed E-state index contributed by atoms with van der Waals surface area (Å²) < 4.78 is 1.93. The quantitative estimate of drug-likeness (QED) is 0.785. The Hall–Kier alpha value is -1.04. The van der Waals surface area contributed by atoms with E-state index in [1.807, 2.05) is 18.5 Å². The average molecular weight is 256 g/mol. The van der Waals surface area contributed by atoms with Crippen molar-refractivity contribution < 1.29 is 4.79 Å². The number of aromatic nitrogens is 3. The molecular formula is C11H20N4OS. The summed E-state index contributed by atoms with van der Waals surface area (Å²) in [5.74, 6) is 2.47. The van der Waals surface area contributed by atoms with Crippen LogP contribution in [0.4, 0.5) is 0 Å². The molecule has 0 fully saturated rings. The first-order valence-corrected chi connectivity index (χ1v) is 6.80. The number of carbonyl (C=O) groups is 1. The van der Waals surface area contributed by atoms with E-state index in [2.05, 4.69) is 29.4 Å². The van der Waals surface area contributed by atoms with Crippen LogP contribution in [0.1, 0.15) is 33.0 Å². The number of nitrogens with zero attached hydrogens (tertiary/aromatic N) is 3. The predicted octanol–water partition coefficient (Wildman–Crippen LogP) is 1.59. The third kappa shape index (κ3) is 4.38. The summed E-state index contributed by atoms with van der Waals surface area (Å²) in [7, 11) is 1.93. The molecule has 0 spiro atoms. The molecule has 1 aromatic heterocycles. The minimum Gasteiger partial charge on any atom is -0.349 e. The molecule has 0 aliphatic carbocycles. The SMILES string of the molecule is CCC(=O)NCc1nnc(SCC(C)C)n1C. The van der Waals surface area contributed by atoms with Crippen LogP contribution in [0.5, 0.6) is 0 Å². The fraction of sp³-hybridized carbons (Fsp3) is 0.727. The molecule has 1 rings (SSSR count). The summed E-state index contributed by atoms with van der Waals surface area (Å²) in [6.45, 7) is 6.62. The molecule has 1 amide bonds. The molecule has 0 aromatic carbocycles. The lowest BCUT2D eigenvalue weighted by molar-refractivity contribution is -0.120. The molecule has 1 aromatic rings. The lowest BCUT2D eigenvalue weighted by atomic mass is 10.3. The van der Waals surface area contributed by atoms with Gasteiger partial charge in [0.05, 0.1) is 6.54 Å². The highest BCUT2D eigenvalue weighted by atomic mass is 32.2. The van der Waals surface area contributed by atoms with Gasteiger partial charge in [-0.1, -0.05) is 32.5 Å². The summed E-state index contributed by atoms with van der Waals surface area (Å²) in [6, 6.07) is 0. The number of carbonyl (C=O) groups excluding carboxylic acids is 1. The number of thioether (sulfide) groups is 1. The first kappa shape index (κ1) is 14.0. The van der Waals surface area contributed by atoms with Gasteiger partial charge < -0.3 is 9.88 Å². The smallest absolute Gasteiger partial charge is 0.220 e. The fourth-order valence-corrected chi connectivity index (χ4v) is 2.05. The van der Waals surface area contributed by atoms with E-state index in [0.29, 0.717) is 18.9 Å². The Bertz CT molecular complexity index is 376. The van der Waals surface area contributed by atoms with E-state index in [9.17, 15) is 4.79 Å². The third-order valence-electron chi connectivity index (χ3n) is 2.24. The van der Waals surface area contributed by atoms with Crippen LogP contribution < -0.4 is 5.32 Å². The lowest BCUT2D eigenvalue weighted by Gasteiger charge is -2.06. The molecule has 0 aliphatic heterocycles. The van der Waals surface area contributed by atoms with Gasteiger partial charge >= 0.3 is 0 Å². The molecule has 0 radical (unpaired) electrons. The van der Waals surface area contributed by atoms with E-state index in [0.717, 1.165) is 16.7 Å². The second-order valence-corrected chi connectivity index (χ2v) is 5.28. The van der Waals surface area contributed by atoms with Crippen molar-refractivity contribution in [2.24, 2.45) is 13.0 Å². The fourth-order valence-electron chi connectivity index (χ4n) is 1.17. The van der Waals surface area contributed by atoms with Crippen LogP contribution in [0.2, 0.25) is 0 Å². The molecule has 1 heterocycles. The Morgan fingerprint density at radius 1 is 1.47 bits per heavy atom. The van der Waals surface area contributed by atoms with E-state index in [1.165, 1.54) is 0 Å². The maximum absolute atomic E-state index is 11.1. The molecule has 0 saturated heterocycles. The molecular weight excluding hydrogens is 236 g/mol. The zero-order valence-corrected chi connectivity index (χ0v) is 11.7. The molecule has 0 unspecified atom stereocenters. The second-order valence-electron chi connectivity index (χ2n) is 4.29. The van der Waals surface area contributed by atoms with Crippen LogP contribution >= 0.6 is 11.8 Å². The predicted molar refractivity (Wildman–Crippen MR) is 68.7 cm³/mol. The summed E-state index contributed by atoms with van der Waals surface area (Å²) in [5.41, 5.74) is 0. The largest absolute Gasteiger partial charge is 0.349 e. The number of rotatable bonds is 6. The minimum atomic E-state index is 0.0318. The maximum Gasteiger partial charge on any atom is 0.220 e. The molecule has 0 bridgehead atoms. The Morgan fingerprint density at radius 3 is 2.76 bits per heavy atom. The van der Waals surface area contributed by atoms with Crippen molar-refractivity contribution in [1.29, 1.82) is 0 Å². The van der Waals surface area contributed by atoms with E-state index in [4.69, 9.17) is 0 Å². The van der Waals surface area contributed by atoms with Crippen molar-refractivity contribution in [3.63, 3.8) is 0 Å². The molecule has 96 valence electrons. The molecule has 0 aliphatic rings. The zero-order valence-electron chi connectivity index (χ0n) is 10.9. The van der Waals surface area contributed by atoms with Gasteiger partial charge in [0.2, 0.25) is 5.91 Å². The molecule has 1 N–H and O–H groups in total. The van der Waals surface area contributed by atoms with Crippen molar-refractivity contribution in [3.8, 4) is 0 Å². The van der Waals surface area contributed by atoms with Gasteiger partial charge in [0.25, 0.3) is 0 Å². The highest BCUT2D eigenvalue weighted by Gasteiger charge is 2.10. The van der Waals surface area contributed by atoms with Crippen LogP contribution in [-0.4, -0.2) is 26.4 Å². The Labute approximate surface area is 106 Å². The zero-order chi connectivity index (χ0) is 12.8. The first-order chi connectivity index (χ1) is 8.04. The number of hydrogen-bond donors (Lipinski definition) is 1.